The van der Waals surface area contributed by atoms with Gasteiger partial charge >= 0.3 is 12.1 Å². The average Bonchev–Trinajstić information content (AvgIpc) is 3.69. The minimum atomic E-state index is -0.889. The van der Waals surface area contributed by atoms with E-state index in [-0.39, 0.29) is 17.6 Å². The highest BCUT2D eigenvalue weighted by Crippen LogP contribution is 2.42. The largest absolute Gasteiger partial charge is 0.458 e. The molecule has 4 rings (SSSR count). The van der Waals surface area contributed by atoms with E-state index in [9.17, 15) is 19.2 Å². The number of aromatic nitrogens is 1. The first-order valence-electron chi connectivity index (χ1n) is 15.8. The van der Waals surface area contributed by atoms with Gasteiger partial charge in [-0.2, -0.15) is 0 Å². The molecule has 1 heterocycles. The number of amides is 1. The molecular formula is C35H47ClN2O7. The fourth-order valence-corrected chi connectivity index (χ4v) is 6.25. The van der Waals surface area contributed by atoms with Gasteiger partial charge < -0.3 is 24.1 Å². The second-order valence-corrected chi connectivity index (χ2v) is 15.0. The smallest absolute Gasteiger partial charge is 0.408 e. The number of methoxy groups -OCH3 is 1. The summed E-state index contributed by atoms with van der Waals surface area (Å²) in [6, 6.07) is 5.85. The average molecular weight is 643 g/mol. The molecule has 1 amide bonds. The summed E-state index contributed by atoms with van der Waals surface area (Å²) in [5.74, 6) is -0.303. The lowest BCUT2D eigenvalue weighted by Crippen LogP contribution is -2.42. The molecule has 2 saturated carbocycles. The fraction of sp³-hybridized carbons (Fsp3) is 0.600. The molecule has 1 N–H and O–H groups in total. The highest BCUT2D eigenvalue weighted by atomic mass is 35.5. The number of esters is 1. The molecule has 1 aromatic heterocycles. The quantitative estimate of drug-likeness (QED) is 0.218. The van der Waals surface area contributed by atoms with E-state index in [4.69, 9.17) is 25.8 Å². The topological polar surface area (TPSA) is 113 Å². The number of alkyl carbamates (subject to hydrolysis) is 1. The molecule has 45 heavy (non-hydrogen) atoms. The molecule has 0 spiro atoms. The lowest BCUT2D eigenvalue weighted by atomic mass is 9.83. The van der Waals surface area contributed by atoms with Gasteiger partial charge in [-0.15, -0.1) is 0 Å². The van der Waals surface area contributed by atoms with Crippen LogP contribution in [0.3, 0.4) is 0 Å². The van der Waals surface area contributed by atoms with E-state index >= 15 is 0 Å². The van der Waals surface area contributed by atoms with Crippen LogP contribution in [0.25, 0.3) is 11.1 Å². The minimum absolute atomic E-state index is 0.200. The predicted molar refractivity (Wildman–Crippen MR) is 174 cm³/mol. The number of nitrogens with zero attached hydrogens (tertiary/aromatic N) is 1. The van der Waals surface area contributed by atoms with Crippen molar-refractivity contribution in [2.75, 3.05) is 7.11 Å². The second-order valence-electron chi connectivity index (χ2n) is 14.6. The number of hydrogen-bond donors (Lipinski definition) is 1. The Kier molecular flexibility index (Phi) is 10.5. The molecule has 0 aliphatic heterocycles. The van der Waals surface area contributed by atoms with Crippen LogP contribution >= 0.6 is 11.6 Å². The van der Waals surface area contributed by atoms with E-state index in [1.807, 2.05) is 26.8 Å². The van der Waals surface area contributed by atoms with Crippen molar-refractivity contribution in [3.8, 4) is 11.1 Å². The number of pyridine rings is 1. The summed E-state index contributed by atoms with van der Waals surface area (Å²) in [6.45, 7) is 10.8. The van der Waals surface area contributed by atoms with E-state index in [0.717, 1.165) is 44.1 Å². The van der Waals surface area contributed by atoms with Crippen LogP contribution in [0, 0.1) is 5.92 Å². The van der Waals surface area contributed by atoms with Crippen molar-refractivity contribution in [1.29, 1.82) is 0 Å². The third-order valence-corrected chi connectivity index (χ3v) is 8.68. The molecule has 1 unspecified atom stereocenters. The van der Waals surface area contributed by atoms with Gasteiger partial charge in [0.25, 0.3) is 5.56 Å². The van der Waals surface area contributed by atoms with E-state index in [2.05, 4.69) is 5.32 Å². The zero-order valence-corrected chi connectivity index (χ0v) is 28.3. The Morgan fingerprint density at radius 3 is 2.22 bits per heavy atom. The Morgan fingerprint density at radius 2 is 1.67 bits per heavy atom. The van der Waals surface area contributed by atoms with Gasteiger partial charge in [-0.1, -0.05) is 17.7 Å². The molecule has 10 heteroatoms. The minimum Gasteiger partial charge on any atom is -0.458 e. The fourth-order valence-electron chi connectivity index (χ4n) is 6.08. The van der Waals surface area contributed by atoms with Crippen LogP contribution < -0.4 is 10.9 Å². The Bertz CT molecular complexity index is 1460. The van der Waals surface area contributed by atoms with E-state index in [0.29, 0.717) is 35.3 Å². The number of carbonyl (C=O) groups excluding carboxylic acids is 3. The number of hydrogen-bond acceptors (Lipinski definition) is 7. The van der Waals surface area contributed by atoms with Gasteiger partial charge in [0.2, 0.25) is 0 Å². The van der Waals surface area contributed by atoms with Gasteiger partial charge in [0.15, 0.2) is 6.29 Å². The number of carbonyl (C=O) groups is 3. The van der Waals surface area contributed by atoms with Crippen molar-refractivity contribution >= 4 is 29.9 Å². The summed E-state index contributed by atoms with van der Waals surface area (Å²) >= 11 is 6.43. The van der Waals surface area contributed by atoms with Crippen molar-refractivity contribution in [1.82, 2.24) is 9.88 Å². The van der Waals surface area contributed by atoms with Crippen LogP contribution in [-0.2, 0) is 25.4 Å². The summed E-state index contributed by atoms with van der Waals surface area (Å²) in [4.78, 5) is 52.5. The third kappa shape index (κ3) is 9.42. The number of rotatable bonds is 10. The first kappa shape index (κ1) is 34.7. The highest BCUT2D eigenvalue weighted by molar-refractivity contribution is 6.31. The van der Waals surface area contributed by atoms with Crippen LogP contribution in [0.1, 0.15) is 108 Å². The molecule has 2 aromatic rings. The first-order valence-corrected chi connectivity index (χ1v) is 16.2. The Morgan fingerprint density at radius 1 is 1.02 bits per heavy atom. The van der Waals surface area contributed by atoms with Gasteiger partial charge in [-0.25, -0.2) is 9.59 Å². The lowest BCUT2D eigenvalue weighted by Gasteiger charge is -2.31. The van der Waals surface area contributed by atoms with Crippen molar-refractivity contribution in [2.24, 2.45) is 5.92 Å². The highest BCUT2D eigenvalue weighted by Gasteiger charge is 2.45. The van der Waals surface area contributed by atoms with Crippen LogP contribution in [-0.4, -0.2) is 52.9 Å². The van der Waals surface area contributed by atoms with E-state index in [1.54, 1.807) is 40.0 Å². The van der Waals surface area contributed by atoms with Gasteiger partial charge in [0.1, 0.15) is 17.2 Å². The van der Waals surface area contributed by atoms with Gasteiger partial charge in [0.05, 0.1) is 6.10 Å². The monoisotopic (exact) mass is 642 g/mol. The van der Waals surface area contributed by atoms with Crippen LogP contribution in [0.2, 0.25) is 5.02 Å². The molecular weight excluding hydrogens is 596 g/mol. The number of nitrogens with one attached hydrogen (secondary N) is 1. The number of aldehydes is 1. The Labute approximate surface area is 271 Å². The molecule has 1 aromatic carbocycles. The van der Waals surface area contributed by atoms with Gasteiger partial charge in [-0.05, 0) is 128 Å². The van der Waals surface area contributed by atoms with Crippen LogP contribution in [0.15, 0.2) is 35.3 Å². The maximum Gasteiger partial charge on any atom is 0.408 e. The second kappa shape index (κ2) is 13.7. The van der Waals surface area contributed by atoms with Gasteiger partial charge in [-0.3, -0.25) is 9.59 Å². The van der Waals surface area contributed by atoms with Crippen molar-refractivity contribution in [3.63, 3.8) is 0 Å². The summed E-state index contributed by atoms with van der Waals surface area (Å²) in [5.41, 5.74) is -0.178. The molecule has 1 atom stereocenters. The van der Waals surface area contributed by atoms with Gasteiger partial charge in [0, 0.05) is 35.5 Å². The molecule has 9 nitrogen and oxygen atoms in total. The predicted octanol–water partition coefficient (Wildman–Crippen LogP) is 7.06. The standard InChI is InChI=1S/C35H47ClN2O7/c1-33(2,3)44-31(41)29(16-22-8-12-26(43-7)13-9-22)38-20-24(21-39)28(18-30(38)40)27-17-25(36)11-10-23(27)19-35(14-15-35)37-32(42)45-34(4,5)6/h10-11,17-18,20-22,26,29H,8-9,12-16,19H2,1-7H3,(H,37,42). The summed E-state index contributed by atoms with van der Waals surface area (Å²) in [5, 5.41) is 3.46. The Hall–Kier alpha value is -3.17. The van der Waals surface area contributed by atoms with Crippen LogP contribution in [0.5, 0.6) is 0 Å². The summed E-state index contributed by atoms with van der Waals surface area (Å²) < 4.78 is 18.1. The zero-order valence-electron chi connectivity index (χ0n) is 27.5. The summed E-state index contributed by atoms with van der Waals surface area (Å²) in [7, 11) is 1.71. The maximum absolute atomic E-state index is 13.8. The SMILES string of the molecule is COC1CCC(CC(C(=O)OC(C)(C)C)n2cc(C=O)c(-c3cc(Cl)ccc3CC3(NC(=O)OC(C)(C)C)CC3)cc2=O)CC1. The molecule has 246 valence electrons. The number of halogens is 1. The zero-order chi connectivity index (χ0) is 33.2. The Balaban J connectivity index is 1.69. The maximum atomic E-state index is 13.8. The van der Waals surface area contributed by atoms with Crippen molar-refractivity contribution < 1.29 is 28.6 Å². The molecule has 0 bridgehead atoms. The third-order valence-electron chi connectivity index (χ3n) is 8.45. The van der Waals surface area contributed by atoms with Crippen LogP contribution in [0.4, 0.5) is 4.79 Å². The molecule has 2 aliphatic rings. The van der Waals surface area contributed by atoms with Crippen molar-refractivity contribution in [3.05, 3.63) is 57.0 Å². The number of benzene rings is 1. The molecule has 0 radical (unpaired) electrons. The summed E-state index contributed by atoms with van der Waals surface area (Å²) in [6.07, 6.45) is 7.80. The van der Waals surface area contributed by atoms with E-state index < -0.39 is 40.4 Å². The molecule has 2 aliphatic carbocycles. The molecule has 2 fully saturated rings. The molecule has 0 saturated heterocycles. The van der Waals surface area contributed by atoms with Crippen molar-refractivity contribution in [2.45, 2.75) is 122 Å². The van der Waals surface area contributed by atoms with E-state index in [1.165, 1.54) is 16.8 Å². The lowest BCUT2D eigenvalue weighted by molar-refractivity contribution is -0.160. The normalized spacial score (nSPS) is 20.2. The first-order chi connectivity index (χ1) is 21.0. The number of ether oxygens (including phenoxy) is 3.